The number of carbonyl (C=O) groups excluding carboxylic acids is 1. The molecule has 2 aromatic rings. The Morgan fingerprint density at radius 1 is 1.26 bits per heavy atom. The smallest absolute Gasteiger partial charge is 0.265 e. The van der Waals surface area contributed by atoms with Gasteiger partial charge in [-0.05, 0) is 18.4 Å². The van der Waals surface area contributed by atoms with Gasteiger partial charge in [0, 0.05) is 26.2 Å². The van der Waals surface area contributed by atoms with Gasteiger partial charge >= 0.3 is 0 Å². The zero-order valence-electron chi connectivity index (χ0n) is 12.9. The molecule has 0 N–H and O–H groups in total. The number of carbonyl (C=O) groups is 1. The Kier molecular flexibility index (Phi) is 4.54. The summed E-state index contributed by atoms with van der Waals surface area (Å²) in [6.07, 6.45) is 1.20. The average molecular weight is 372 g/mol. The minimum absolute atomic E-state index is 0.0593. The Bertz CT molecular complexity index is 804. The normalized spacial score (nSPS) is 16.7. The van der Waals surface area contributed by atoms with Crippen LogP contribution in [0.4, 0.5) is 0 Å². The van der Waals surface area contributed by atoms with Gasteiger partial charge in [0.15, 0.2) is 0 Å². The van der Waals surface area contributed by atoms with Gasteiger partial charge in [0.25, 0.3) is 5.91 Å². The molecule has 3 heterocycles. The number of aromatic nitrogens is 1. The zero-order valence-corrected chi connectivity index (χ0v) is 15.3. The number of nitrogens with zero attached hydrogens (tertiary/aromatic N) is 3. The second-order valence-corrected chi connectivity index (χ2v) is 9.29. The van der Waals surface area contributed by atoms with Crippen LogP contribution in [0.25, 0.3) is 9.88 Å². The maximum atomic E-state index is 12.7. The van der Waals surface area contributed by atoms with Gasteiger partial charge in [-0.2, -0.15) is 4.31 Å². The van der Waals surface area contributed by atoms with Crippen LogP contribution < -0.4 is 0 Å². The number of thiophene rings is 1. The molecule has 0 spiro atoms. The van der Waals surface area contributed by atoms with E-state index in [4.69, 9.17) is 0 Å². The van der Waals surface area contributed by atoms with Crippen molar-refractivity contribution < 1.29 is 13.2 Å². The number of piperazine rings is 1. The predicted octanol–water partition coefficient (Wildman–Crippen LogP) is 1.90. The zero-order chi connectivity index (χ0) is 16.6. The van der Waals surface area contributed by atoms with E-state index in [0.717, 1.165) is 15.6 Å². The van der Waals surface area contributed by atoms with Crippen LogP contribution >= 0.6 is 22.7 Å². The lowest BCUT2D eigenvalue weighted by Gasteiger charge is -2.33. The van der Waals surface area contributed by atoms with Crippen LogP contribution in [0.2, 0.25) is 0 Å². The molecule has 124 valence electrons. The molecule has 1 saturated heterocycles. The largest absolute Gasteiger partial charge is 0.335 e. The van der Waals surface area contributed by atoms with E-state index in [2.05, 4.69) is 4.98 Å². The lowest BCUT2D eigenvalue weighted by Crippen LogP contribution is -2.50. The van der Waals surface area contributed by atoms with Gasteiger partial charge in [0.1, 0.15) is 9.88 Å². The van der Waals surface area contributed by atoms with Crippen molar-refractivity contribution in [3.63, 3.8) is 0 Å². The fraction of sp³-hybridized carbons (Fsp3) is 0.429. The van der Waals surface area contributed by atoms with Crippen molar-refractivity contribution >= 4 is 38.6 Å². The molecule has 0 radical (unpaired) electrons. The van der Waals surface area contributed by atoms with Crippen LogP contribution in [0, 0.1) is 6.92 Å². The highest BCUT2D eigenvalue weighted by Crippen LogP contribution is 2.31. The van der Waals surface area contributed by atoms with Crippen molar-refractivity contribution in [1.29, 1.82) is 0 Å². The molecular formula is C14H17N3O3S3. The van der Waals surface area contributed by atoms with Gasteiger partial charge in [0.05, 0.1) is 16.8 Å². The summed E-state index contributed by atoms with van der Waals surface area (Å²) in [4.78, 5) is 20.6. The molecule has 1 fully saturated rings. The highest BCUT2D eigenvalue weighted by molar-refractivity contribution is 7.88. The molecule has 0 saturated carbocycles. The van der Waals surface area contributed by atoms with Gasteiger partial charge in [-0.1, -0.05) is 6.07 Å². The maximum Gasteiger partial charge on any atom is 0.265 e. The Labute approximate surface area is 143 Å². The molecule has 1 aliphatic rings. The Morgan fingerprint density at radius 2 is 1.96 bits per heavy atom. The Hall–Kier alpha value is -1.29. The van der Waals surface area contributed by atoms with Crippen molar-refractivity contribution in [3.8, 4) is 9.88 Å². The van der Waals surface area contributed by atoms with Crippen LogP contribution in [0.5, 0.6) is 0 Å². The molecule has 0 atom stereocenters. The molecule has 1 aliphatic heterocycles. The second kappa shape index (κ2) is 6.31. The molecule has 2 aromatic heterocycles. The fourth-order valence-corrected chi connectivity index (χ4v) is 5.12. The van der Waals surface area contributed by atoms with Crippen LogP contribution in [-0.2, 0) is 10.0 Å². The molecule has 9 heteroatoms. The summed E-state index contributed by atoms with van der Waals surface area (Å²) in [6, 6.07) is 3.95. The minimum atomic E-state index is -3.19. The molecule has 0 unspecified atom stereocenters. The first kappa shape index (κ1) is 16.6. The highest BCUT2D eigenvalue weighted by Gasteiger charge is 2.28. The van der Waals surface area contributed by atoms with E-state index in [1.165, 1.54) is 21.9 Å². The van der Waals surface area contributed by atoms with Crippen LogP contribution in [0.1, 0.15) is 15.4 Å². The first-order valence-corrected chi connectivity index (χ1v) is 10.7. The summed E-state index contributed by atoms with van der Waals surface area (Å²) < 4.78 is 24.5. The van der Waals surface area contributed by atoms with E-state index >= 15 is 0 Å². The lowest BCUT2D eigenvalue weighted by atomic mass is 10.3. The van der Waals surface area contributed by atoms with Crippen LogP contribution in [0.3, 0.4) is 0 Å². The first-order valence-electron chi connectivity index (χ1n) is 7.12. The monoisotopic (exact) mass is 371 g/mol. The number of amides is 1. The number of hydrogen-bond donors (Lipinski definition) is 0. The van der Waals surface area contributed by atoms with Gasteiger partial charge < -0.3 is 4.90 Å². The molecular weight excluding hydrogens is 354 g/mol. The Morgan fingerprint density at radius 3 is 2.52 bits per heavy atom. The third-order valence-corrected chi connectivity index (χ3v) is 7.21. The van der Waals surface area contributed by atoms with E-state index in [-0.39, 0.29) is 5.91 Å². The number of rotatable bonds is 3. The summed E-state index contributed by atoms with van der Waals surface area (Å²) in [6.45, 7) is 3.36. The summed E-state index contributed by atoms with van der Waals surface area (Å²) in [7, 11) is -3.19. The van der Waals surface area contributed by atoms with E-state index in [0.29, 0.717) is 31.1 Å². The predicted molar refractivity (Wildman–Crippen MR) is 92.5 cm³/mol. The standard InChI is InChI=1S/C14H17N3O3S3/c1-10-12(22-13(15-10)11-4-3-9-21-11)14(18)16-5-7-17(8-6-16)23(2,19)20/h3-4,9H,5-8H2,1-2H3. The van der Waals surface area contributed by atoms with Gasteiger partial charge in [0.2, 0.25) is 10.0 Å². The molecule has 6 nitrogen and oxygen atoms in total. The lowest BCUT2D eigenvalue weighted by molar-refractivity contribution is 0.0702. The first-order chi connectivity index (χ1) is 10.9. The maximum absolute atomic E-state index is 12.7. The van der Waals surface area contributed by atoms with Crippen molar-refractivity contribution in [2.45, 2.75) is 6.92 Å². The third kappa shape index (κ3) is 3.47. The summed E-state index contributed by atoms with van der Waals surface area (Å²) in [5.74, 6) is -0.0593. The van der Waals surface area contributed by atoms with E-state index < -0.39 is 10.0 Å². The summed E-state index contributed by atoms with van der Waals surface area (Å²) in [5, 5.41) is 2.84. The van der Waals surface area contributed by atoms with Crippen molar-refractivity contribution in [2.75, 3.05) is 32.4 Å². The van der Waals surface area contributed by atoms with Crippen molar-refractivity contribution in [3.05, 3.63) is 28.1 Å². The third-order valence-electron chi connectivity index (χ3n) is 3.72. The number of hydrogen-bond acceptors (Lipinski definition) is 6. The minimum Gasteiger partial charge on any atom is -0.335 e. The number of thiazole rings is 1. The van der Waals surface area contributed by atoms with Crippen LogP contribution in [-0.4, -0.2) is 60.9 Å². The van der Waals surface area contributed by atoms with Gasteiger partial charge in [-0.25, -0.2) is 13.4 Å². The molecule has 1 amide bonds. The van der Waals surface area contributed by atoms with E-state index in [9.17, 15) is 13.2 Å². The molecule has 3 rings (SSSR count). The Balaban J connectivity index is 1.75. The summed E-state index contributed by atoms with van der Waals surface area (Å²) in [5.41, 5.74) is 0.731. The van der Waals surface area contributed by atoms with Crippen molar-refractivity contribution in [1.82, 2.24) is 14.2 Å². The SMILES string of the molecule is Cc1nc(-c2cccs2)sc1C(=O)N1CCN(S(C)(=O)=O)CC1. The molecule has 0 aliphatic carbocycles. The highest BCUT2D eigenvalue weighted by atomic mass is 32.2. The number of aryl methyl sites for hydroxylation is 1. The van der Waals surface area contributed by atoms with Crippen molar-refractivity contribution in [2.24, 2.45) is 0 Å². The quantitative estimate of drug-likeness (QED) is 0.826. The molecule has 0 aromatic carbocycles. The fourth-order valence-electron chi connectivity index (χ4n) is 2.47. The second-order valence-electron chi connectivity index (χ2n) is 5.37. The average Bonchev–Trinajstić information content (AvgIpc) is 3.15. The summed E-state index contributed by atoms with van der Waals surface area (Å²) >= 11 is 3.00. The molecule has 23 heavy (non-hydrogen) atoms. The van der Waals surface area contributed by atoms with E-state index in [1.807, 2.05) is 24.4 Å². The van der Waals surface area contributed by atoms with E-state index in [1.54, 1.807) is 16.2 Å². The molecule has 0 bridgehead atoms. The number of sulfonamides is 1. The topological polar surface area (TPSA) is 70.6 Å². The van der Waals surface area contributed by atoms with Crippen LogP contribution in [0.15, 0.2) is 17.5 Å². The van der Waals surface area contributed by atoms with Gasteiger partial charge in [-0.3, -0.25) is 4.79 Å². The van der Waals surface area contributed by atoms with Gasteiger partial charge in [-0.15, -0.1) is 22.7 Å².